The van der Waals surface area contributed by atoms with Crippen LogP contribution in [0.1, 0.15) is 5.69 Å². The number of benzene rings is 1. The number of aromatic nitrogens is 3. The summed E-state index contributed by atoms with van der Waals surface area (Å²) >= 11 is 5.97. The molecule has 120 valence electrons. The van der Waals surface area contributed by atoms with Crippen molar-refractivity contribution in [1.29, 1.82) is 0 Å². The molecule has 0 aliphatic heterocycles. The highest BCUT2D eigenvalue weighted by atomic mass is 35.5. The van der Waals surface area contributed by atoms with Crippen molar-refractivity contribution in [2.75, 3.05) is 0 Å². The van der Waals surface area contributed by atoms with Crippen LogP contribution in [0.4, 0.5) is 5.69 Å². The van der Waals surface area contributed by atoms with Crippen LogP contribution in [0, 0.1) is 17.0 Å². The summed E-state index contributed by atoms with van der Waals surface area (Å²) in [5.41, 5.74) is 1.15. The number of pyridine rings is 1. The van der Waals surface area contributed by atoms with Gasteiger partial charge in [-0.05, 0) is 19.1 Å². The Morgan fingerprint density at radius 2 is 2.00 bits per heavy atom. The number of nitrogens with zero attached hydrogens (tertiary/aromatic N) is 4. The summed E-state index contributed by atoms with van der Waals surface area (Å²) in [6.07, 6.45) is 1.55. The van der Waals surface area contributed by atoms with Gasteiger partial charge in [0, 0.05) is 35.7 Å². The standard InChI is InChI=1S/C16H11ClN4O3/c1-10-8-14(24-13-6-3-7-18-15(13)17)20-16(19-10)11-4-2-5-12(9-11)21(22)23/h2-9H,1H3. The van der Waals surface area contributed by atoms with Gasteiger partial charge in [0.25, 0.3) is 5.69 Å². The Hall–Kier alpha value is -3.06. The first-order valence-corrected chi connectivity index (χ1v) is 7.29. The molecule has 0 aliphatic rings. The number of nitro benzene ring substituents is 1. The van der Waals surface area contributed by atoms with Crippen LogP contribution < -0.4 is 4.74 Å². The number of halogens is 1. The quantitative estimate of drug-likeness (QED) is 0.401. The third kappa shape index (κ3) is 3.47. The highest BCUT2D eigenvalue weighted by molar-refractivity contribution is 6.30. The maximum atomic E-state index is 10.9. The summed E-state index contributed by atoms with van der Waals surface area (Å²) < 4.78 is 5.65. The molecule has 8 heteroatoms. The number of nitro groups is 1. The largest absolute Gasteiger partial charge is 0.436 e. The van der Waals surface area contributed by atoms with Gasteiger partial charge in [-0.15, -0.1) is 0 Å². The molecule has 0 saturated heterocycles. The molecule has 0 unspecified atom stereocenters. The van der Waals surface area contributed by atoms with Gasteiger partial charge in [-0.3, -0.25) is 10.1 Å². The normalized spacial score (nSPS) is 10.4. The molecule has 0 aliphatic carbocycles. The first-order chi connectivity index (χ1) is 11.5. The Labute approximate surface area is 142 Å². The molecular formula is C16H11ClN4O3. The fraction of sp³-hybridized carbons (Fsp3) is 0.0625. The molecule has 3 aromatic rings. The minimum absolute atomic E-state index is 0.0321. The van der Waals surface area contributed by atoms with E-state index in [0.29, 0.717) is 22.8 Å². The molecule has 0 N–H and O–H groups in total. The van der Waals surface area contributed by atoms with Crippen molar-refractivity contribution >= 4 is 17.3 Å². The van der Waals surface area contributed by atoms with Crippen LogP contribution in [0.25, 0.3) is 11.4 Å². The minimum atomic E-state index is -0.466. The topological polar surface area (TPSA) is 91.0 Å². The lowest BCUT2D eigenvalue weighted by Gasteiger charge is -2.08. The summed E-state index contributed by atoms with van der Waals surface area (Å²) in [6.45, 7) is 1.78. The number of non-ortho nitro benzene ring substituents is 1. The molecular weight excluding hydrogens is 332 g/mol. The third-order valence-electron chi connectivity index (χ3n) is 3.09. The van der Waals surface area contributed by atoms with E-state index < -0.39 is 4.92 Å². The monoisotopic (exact) mass is 342 g/mol. The molecule has 0 radical (unpaired) electrons. The Morgan fingerprint density at radius 1 is 1.17 bits per heavy atom. The summed E-state index contributed by atoms with van der Waals surface area (Å²) in [4.78, 5) is 23.0. The van der Waals surface area contributed by atoms with Crippen molar-refractivity contribution in [3.05, 3.63) is 69.6 Å². The molecule has 7 nitrogen and oxygen atoms in total. The summed E-state index contributed by atoms with van der Waals surface area (Å²) in [5, 5.41) is 11.1. The second-order valence-corrected chi connectivity index (χ2v) is 5.23. The molecule has 0 spiro atoms. The van der Waals surface area contributed by atoms with Gasteiger partial charge in [0.05, 0.1) is 4.92 Å². The predicted octanol–water partition coefficient (Wildman–Crippen LogP) is 4.20. The summed E-state index contributed by atoms with van der Waals surface area (Å²) in [5.74, 6) is 0.967. The van der Waals surface area contributed by atoms with E-state index in [0.717, 1.165) is 0 Å². The maximum absolute atomic E-state index is 10.9. The lowest BCUT2D eigenvalue weighted by Crippen LogP contribution is -1.97. The van der Waals surface area contributed by atoms with E-state index in [2.05, 4.69) is 15.0 Å². The van der Waals surface area contributed by atoms with E-state index in [-0.39, 0.29) is 16.7 Å². The van der Waals surface area contributed by atoms with Crippen molar-refractivity contribution in [3.63, 3.8) is 0 Å². The van der Waals surface area contributed by atoms with E-state index in [1.165, 1.54) is 12.1 Å². The van der Waals surface area contributed by atoms with E-state index in [1.54, 1.807) is 43.5 Å². The molecule has 0 amide bonds. The maximum Gasteiger partial charge on any atom is 0.270 e. The van der Waals surface area contributed by atoms with E-state index in [9.17, 15) is 10.1 Å². The van der Waals surface area contributed by atoms with Crippen LogP contribution in [0.3, 0.4) is 0 Å². The van der Waals surface area contributed by atoms with Crippen molar-refractivity contribution < 1.29 is 9.66 Å². The second-order valence-electron chi connectivity index (χ2n) is 4.87. The van der Waals surface area contributed by atoms with Crippen LogP contribution in [0.5, 0.6) is 11.6 Å². The predicted molar refractivity (Wildman–Crippen MR) is 88.2 cm³/mol. The second kappa shape index (κ2) is 6.59. The van der Waals surface area contributed by atoms with Crippen molar-refractivity contribution in [2.45, 2.75) is 6.92 Å². The zero-order valence-corrected chi connectivity index (χ0v) is 13.3. The Morgan fingerprint density at radius 3 is 2.75 bits per heavy atom. The fourth-order valence-corrected chi connectivity index (χ4v) is 2.20. The SMILES string of the molecule is Cc1cc(Oc2cccnc2Cl)nc(-c2cccc([N+](=O)[O-])c2)n1. The van der Waals surface area contributed by atoms with Gasteiger partial charge in [-0.2, -0.15) is 4.98 Å². The van der Waals surface area contributed by atoms with Gasteiger partial charge in [-0.25, -0.2) is 9.97 Å². The van der Waals surface area contributed by atoms with Gasteiger partial charge in [0.1, 0.15) is 0 Å². The smallest absolute Gasteiger partial charge is 0.270 e. The molecule has 2 aromatic heterocycles. The van der Waals surface area contributed by atoms with Gasteiger partial charge in [0.2, 0.25) is 5.88 Å². The van der Waals surface area contributed by atoms with Crippen molar-refractivity contribution in [1.82, 2.24) is 15.0 Å². The molecule has 0 atom stereocenters. The average Bonchev–Trinajstić information content (AvgIpc) is 2.56. The zero-order chi connectivity index (χ0) is 17.1. The number of aryl methyl sites for hydroxylation is 1. The molecule has 3 rings (SSSR count). The molecule has 0 saturated carbocycles. The highest BCUT2D eigenvalue weighted by Gasteiger charge is 2.12. The Balaban J connectivity index is 1.99. The number of rotatable bonds is 4. The van der Waals surface area contributed by atoms with E-state index in [4.69, 9.17) is 16.3 Å². The lowest BCUT2D eigenvalue weighted by molar-refractivity contribution is -0.384. The van der Waals surface area contributed by atoms with Gasteiger partial charge in [-0.1, -0.05) is 23.7 Å². The Kier molecular flexibility index (Phi) is 4.35. The highest BCUT2D eigenvalue weighted by Crippen LogP contribution is 2.28. The number of hydrogen-bond acceptors (Lipinski definition) is 6. The molecule has 24 heavy (non-hydrogen) atoms. The molecule has 2 heterocycles. The lowest BCUT2D eigenvalue weighted by atomic mass is 10.2. The van der Waals surface area contributed by atoms with Crippen LogP contribution in [0.15, 0.2) is 48.7 Å². The van der Waals surface area contributed by atoms with Crippen molar-refractivity contribution in [3.8, 4) is 23.0 Å². The van der Waals surface area contributed by atoms with Crippen molar-refractivity contribution in [2.24, 2.45) is 0 Å². The average molecular weight is 343 g/mol. The summed E-state index contributed by atoms with van der Waals surface area (Å²) in [6, 6.07) is 11.1. The molecule has 0 fully saturated rings. The van der Waals surface area contributed by atoms with Gasteiger partial charge < -0.3 is 4.74 Å². The third-order valence-corrected chi connectivity index (χ3v) is 3.37. The molecule has 1 aromatic carbocycles. The zero-order valence-electron chi connectivity index (χ0n) is 12.5. The van der Waals surface area contributed by atoms with Crippen LogP contribution in [0.2, 0.25) is 5.15 Å². The van der Waals surface area contributed by atoms with Gasteiger partial charge in [0.15, 0.2) is 16.7 Å². The van der Waals surface area contributed by atoms with Crippen LogP contribution in [-0.2, 0) is 0 Å². The molecule has 0 bridgehead atoms. The fourth-order valence-electron chi connectivity index (χ4n) is 2.04. The first kappa shape index (κ1) is 15.8. The summed E-state index contributed by atoms with van der Waals surface area (Å²) in [7, 11) is 0. The first-order valence-electron chi connectivity index (χ1n) is 6.92. The van der Waals surface area contributed by atoms with Crippen LogP contribution >= 0.6 is 11.6 Å². The van der Waals surface area contributed by atoms with E-state index >= 15 is 0 Å². The Bertz CT molecular complexity index is 917. The number of ether oxygens (including phenoxy) is 1. The number of hydrogen-bond donors (Lipinski definition) is 0. The van der Waals surface area contributed by atoms with Gasteiger partial charge >= 0.3 is 0 Å². The van der Waals surface area contributed by atoms with Crippen LogP contribution in [-0.4, -0.2) is 19.9 Å². The minimum Gasteiger partial charge on any atom is -0.436 e. The van der Waals surface area contributed by atoms with E-state index in [1.807, 2.05) is 0 Å².